The molecule has 0 fully saturated rings. The van der Waals surface area contributed by atoms with Crippen LogP contribution in [0.15, 0.2) is 60.7 Å². The van der Waals surface area contributed by atoms with Crippen LogP contribution in [-0.2, 0) is 0 Å². The fourth-order valence-corrected chi connectivity index (χ4v) is 1.92. The summed E-state index contributed by atoms with van der Waals surface area (Å²) < 4.78 is 44.4. The molecule has 0 saturated heterocycles. The molecule has 5 heteroatoms. The zero-order chi connectivity index (χ0) is 16.2. The summed E-state index contributed by atoms with van der Waals surface area (Å²) in [6.45, 7) is 0. The molecule has 0 bridgehead atoms. The van der Waals surface area contributed by atoms with Crippen molar-refractivity contribution in [1.82, 2.24) is 0 Å². The standard InChI is InChI=1S/C17H13F3O2/c1-22-14-9-7-13(8-10-14)16(21)11-15(17(18,19)20)12-5-3-2-4-6-12/h2-11H,1H3/b15-11+. The van der Waals surface area contributed by atoms with E-state index in [0.29, 0.717) is 11.8 Å². The quantitative estimate of drug-likeness (QED) is 0.613. The predicted octanol–water partition coefficient (Wildman–Crippen LogP) is 4.52. The number of halogens is 3. The lowest BCUT2D eigenvalue weighted by Crippen LogP contribution is -2.12. The van der Waals surface area contributed by atoms with Crippen LogP contribution in [0.3, 0.4) is 0 Å². The van der Waals surface area contributed by atoms with Gasteiger partial charge in [0.15, 0.2) is 5.78 Å². The average Bonchev–Trinajstić information content (AvgIpc) is 2.52. The van der Waals surface area contributed by atoms with Crippen molar-refractivity contribution >= 4 is 11.4 Å². The van der Waals surface area contributed by atoms with Gasteiger partial charge in [0, 0.05) is 5.56 Å². The third-order valence-corrected chi connectivity index (χ3v) is 3.04. The molecule has 0 aliphatic carbocycles. The van der Waals surface area contributed by atoms with E-state index in [9.17, 15) is 18.0 Å². The summed E-state index contributed by atoms with van der Waals surface area (Å²) in [5.41, 5.74) is -0.843. The molecule has 2 nitrogen and oxygen atoms in total. The minimum absolute atomic E-state index is 0.0446. The largest absolute Gasteiger partial charge is 0.497 e. The van der Waals surface area contributed by atoms with E-state index in [4.69, 9.17) is 4.74 Å². The van der Waals surface area contributed by atoms with E-state index in [1.165, 1.54) is 55.6 Å². The molecule has 0 aromatic heterocycles. The van der Waals surface area contributed by atoms with Crippen LogP contribution in [0.2, 0.25) is 0 Å². The number of ether oxygens (including phenoxy) is 1. The SMILES string of the molecule is COc1ccc(C(=O)/C=C(\c2ccccc2)C(F)(F)F)cc1. The molecule has 2 aromatic rings. The third kappa shape index (κ3) is 3.75. The van der Waals surface area contributed by atoms with E-state index < -0.39 is 17.5 Å². The molecule has 0 saturated carbocycles. The van der Waals surface area contributed by atoms with Gasteiger partial charge in [-0.15, -0.1) is 0 Å². The van der Waals surface area contributed by atoms with Crippen molar-refractivity contribution in [3.05, 3.63) is 71.8 Å². The third-order valence-electron chi connectivity index (χ3n) is 3.04. The molecular weight excluding hydrogens is 293 g/mol. The van der Waals surface area contributed by atoms with E-state index in [0.717, 1.165) is 0 Å². The highest BCUT2D eigenvalue weighted by atomic mass is 19.4. The van der Waals surface area contributed by atoms with Crippen LogP contribution in [0.4, 0.5) is 13.2 Å². The number of hydrogen-bond donors (Lipinski definition) is 0. The van der Waals surface area contributed by atoms with Gasteiger partial charge in [-0.2, -0.15) is 13.2 Å². The number of carbonyl (C=O) groups is 1. The first-order valence-corrected chi connectivity index (χ1v) is 6.44. The van der Waals surface area contributed by atoms with Crippen LogP contribution in [0.5, 0.6) is 5.75 Å². The van der Waals surface area contributed by atoms with E-state index in [1.54, 1.807) is 6.07 Å². The number of carbonyl (C=O) groups excluding carboxylic acids is 1. The Kier molecular flexibility index (Phi) is 4.65. The molecule has 0 aliphatic heterocycles. The highest BCUT2D eigenvalue weighted by molar-refractivity contribution is 6.09. The summed E-state index contributed by atoms with van der Waals surface area (Å²) in [6.07, 6.45) is -3.99. The zero-order valence-electron chi connectivity index (χ0n) is 11.7. The van der Waals surface area contributed by atoms with Crippen molar-refractivity contribution in [2.45, 2.75) is 6.18 Å². The predicted molar refractivity (Wildman–Crippen MR) is 77.8 cm³/mol. The average molecular weight is 306 g/mol. The lowest BCUT2D eigenvalue weighted by atomic mass is 10.0. The van der Waals surface area contributed by atoms with Gasteiger partial charge in [0.05, 0.1) is 12.7 Å². The normalized spacial score (nSPS) is 12.1. The summed E-state index contributed by atoms with van der Waals surface area (Å²) in [5.74, 6) is -0.182. The molecule has 0 unspecified atom stereocenters. The van der Waals surface area contributed by atoms with Gasteiger partial charge in [0.25, 0.3) is 0 Å². The Balaban J connectivity index is 2.38. The van der Waals surface area contributed by atoms with Gasteiger partial charge in [0.1, 0.15) is 5.75 Å². The first kappa shape index (κ1) is 15.8. The van der Waals surface area contributed by atoms with E-state index in [-0.39, 0.29) is 11.1 Å². The molecule has 0 aliphatic rings. The van der Waals surface area contributed by atoms with Crippen molar-refractivity contribution in [2.24, 2.45) is 0 Å². The van der Waals surface area contributed by atoms with Gasteiger partial charge in [-0.3, -0.25) is 4.79 Å². The number of alkyl halides is 3. The fraction of sp³-hybridized carbons (Fsp3) is 0.118. The van der Waals surface area contributed by atoms with E-state index >= 15 is 0 Å². The Labute approximate surface area is 125 Å². The van der Waals surface area contributed by atoms with Gasteiger partial charge in [-0.05, 0) is 35.9 Å². The second-order valence-electron chi connectivity index (χ2n) is 4.51. The molecule has 0 spiro atoms. The van der Waals surface area contributed by atoms with Crippen molar-refractivity contribution in [3.8, 4) is 5.75 Å². The number of methoxy groups -OCH3 is 1. The molecule has 0 radical (unpaired) electrons. The smallest absolute Gasteiger partial charge is 0.417 e. The molecule has 0 heterocycles. The van der Waals surface area contributed by atoms with Crippen molar-refractivity contribution in [1.29, 1.82) is 0 Å². The van der Waals surface area contributed by atoms with Crippen LogP contribution in [0.1, 0.15) is 15.9 Å². The van der Waals surface area contributed by atoms with Crippen LogP contribution in [0.25, 0.3) is 5.57 Å². The lowest BCUT2D eigenvalue weighted by molar-refractivity contribution is -0.0689. The van der Waals surface area contributed by atoms with Crippen LogP contribution in [-0.4, -0.2) is 19.1 Å². The second kappa shape index (κ2) is 6.47. The van der Waals surface area contributed by atoms with Crippen LogP contribution in [0, 0.1) is 0 Å². The maximum Gasteiger partial charge on any atom is 0.417 e. The van der Waals surface area contributed by atoms with Gasteiger partial charge >= 0.3 is 6.18 Å². The summed E-state index contributed by atoms with van der Waals surface area (Å²) in [5, 5.41) is 0. The topological polar surface area (TPSA) is 26.3 Å². The zero-order valence-corrected chi connectivity index (χ0v) is 11.7. The number of allylic oxidation sites excluding steroid dienone is 2. The fourth-order valence-electron chi connectivity index (χ4n) is 1.92. The Morgan fingerprint density at radius 3 is 2.05 bits per heavy atom. The van der Waals surface area contributed by atoms with Gasteiger partial charge in [0.2, 0.25) is 0 Å². The molecule has 2 aromatic carbocycles. The number of rotatable bonds is 4. The maximum absolute atomic E-state index is 13.2. The first-order valence-electron chi connectivity index (χ1n) is 6.44. The number of benzene rings is 2. The number of ketones is 1. The van der Waals surface area contributed by atoms with E-state index in [1.807, 2.05) is 0 Å². The minimum Gasteiger partial charge on any atom is -0.497 e. The molecule has 0 amide bonds. The molecule has 2 rings (SSSR count). The highest BCUT2D eigenvalue weighted by Gasteiger charge is 2.35. The van der Waals surface area contributed by atoms with Crippen LogP contribution < -0.4 is 4.74 Å². The monoisotopic (exact) mass is 306 g/mol. The molecule has 22 heavy (non-hydrogen) atoms. The second-order valence-corrected chi connectivity index (χ2v) is 4.51. The molecular formula is C17H13F3O2. The summed E-state index contributed by atoms with van der Waals surface area (Å²) >= 11 is 0. The Bertz CT molecular complexity index is 671. The summed E-state index contributed by atoms with van der Waals surface area (Å²) in [4.78, 5) is 12.1. The molecule has 0 atom stereocenters. The highest BCUT2D eigenvalue weighted by Crippen LogP contribution is 2.34. The van der Waals surface area contributed by atoms with Crippen molar-refractivity contribution in [3.63, 3.8) is 0 Å². The van der Waals surface area contributed by atoms with Gasteiger partial charge in [-0.25, -0.2) is 0 Å². The summed E-state index contributed by atoms with van der Waals surface area (Å²) in [6, 6.07) is 13.1. The molecule has 114 valence electrons. The van der Waals surface area contributed by atoms with E-state index in [2.05, 4.69) is 0 Å². The number of hydrogen-bond acceptors (Lipinski definition) is 2. The Morgan fingerprint density at radius 1 is 0.955 bits per heavy atom. The molecule has 0 N–H and O–H groups in total. The van der Waals surface area contributed by atoms with Crippen molar-refractivity contribution < 1.29 is 22.7 Å². The summed E-state index contributed by atoms with van der Waals surface area (Å²) in [7, 11) is 1.47. The van der Waals surface area contributed by atoms with Gasteiger partial charge in [-0.1, -0.05) is 30.3 Å². The maximum atomic E-state index is 13.2. The minimum atomic E-state index is -4.61. The van der Waals surface area contributed by atoms with Crippen molar-refractivity contribution in [2.75, 3.05) is 7.11 Å². The lowest BCUT2D eigenvalue weighted by Gasteiger charge is -2.11. The van der Waals surface area contributed by atoms with Gasteiger partial charge < -0.3 is 4.74 Å². The Morgan fingerprint density at radius 2 is 1.55 bits per heavy atom. The van der Waals surface area contributed by atoms with Crippen LogP contribution >= 0.6 is 0 Å². The Hall–Kier alpha value is -2.56. The first-order chi connectivity index (χ1) is 10.4.